The lowest BCUT2D eigenvalue weighted by atomic mass is 10.1. The van der Waals surface area contributed by atoms with Gasteiger partial charge in [0.1, 0.15) is 0 Å². The molecule has 1 heterocycles. The Morgan fingerprint density at radius 3 is 2.89 bits per heavy atom. The largest absolute Gasteiger partial charge is 0.476 e. The van der Waals surface area contributed by atoms with Gasteiger partial charge in [0.05, 0.1) is 9.88 Å². The molecule has 0 bridgehead atoms. The van der Waals surface area contributed by atoms with E-state index in [0.717, 1.165) is 32.8 Å². The van der Waals surface area contributed by atoms with Crippen LogP contribution in [0.4, 0.5) is 0 Å². The smallest absolute Gasteiger partial charge is 0.356 e. The van der Waals surface area contributed by atoms with E-state index in [4.69, 9.17) is 0 Å². The fourth-order valence-electron chi connectivity index (χ4n) is 1.66. The van der Waals surface area contributed by atoms with Crippen molar-refractivity contribution in [2.45, 2.75) is 19.8 Å². The molecule has 0 aliphatic rings. The van der Waals surface area contributed by atoms with Crippen molar-refractivity contribution in [2.75, 3.05) is 0 Å². The predicted molar refractivity (Wildman–Crippen MR) is 76.2 cm³/mol. The summed E-state index contributed by atoms with van der Waals surface area (Å²) in [6, 6.07) is 7.62. The number of hydrogen-bond donors (Lipinski definition) is 1. The monoisotopic (exact) mass is 325 g/mol. The minimum absolute atomic E-state index is 0.154. The van der Waals surface area contributed by atoms with Gasteiger partial charge >= 0.3 is 5.97 Å². The number of carboxylic acids is 1. The molecule has 0 spiro atoms. The zero-order valence-corrected chi connectivity index (χ0v) is 12.2. The molecule has 2 aromatic rings. The maximum Gasteiger partial charge on any atom is 0.356 e. The molecule has 0 atom stereocenters. The highest BCUT2D eigenvalue weighted by Crippen LogP contribution is 2.32. The lowest BCUT2D eigenvalue weighted by Crippen LogP contribution is -1.99. The summed E-state index contributed by atoms with van der Waals surface area (Å²) in [5.41, 5.74) is 1.04. The molecular weight excluding hydrogens is 314 g/mol. The second-order valence-electron chi connectivity index (χ2n) is 3.85. The Kier molecular flexibility index (Phi) is 4.14. The predicted octanol–water partition coefficient (Wildman–Crippen LogP) is 4.22. The third-order valence-corrected chi connectivity index (χ3v) is 4.08. The molecule has 18 heavy (non-hydrogen) atoms. The third-order valence-electron chi connectivity index (χ3n) is 2.42. The molecule has 5 heteroatoms. The normalized spacial score (nSPS) is 10.6. The number of carboxylic acid groups (broad SMARTS) is 1. The fourth-order valence-corrected chi connectivity index (χ4v) is 3.21. The number of nitrogens with zero attached hydrogens (tertiary/aromatic N) is 1. The number of aromatic nitrogens is 1. The number of rotatable bonds is 4. The zero-order chi connectivity index (χ0) is 13.1. The highest BCUT2D eigenvalue weighted by atomic mass is 79.9. The van der Waals surface area contributed by atoms with Crippen molar-refractivity contribution in [1.82, 2.24) is 4.98 Å². The molecule has 0 amide bonds. The van der Waals surface area contributed by atoms with E-state index >= 15 is 0 Å². The van der Waals surface area contributed by atoms with Crippen LogP contribution in [0.25, 0.3) is 10.4 Å². The summed E-state index contributed by atoms with van der Waals surface area (Å²) >= 11 is 4.86. The maximum atomic E-state index is 11.2. The number of halogens is 1. The standard InChI is InChI=1S/C13H12BrNO2S/c1-2-4-10-15-11(13(16)17)12(18-10)8-5-3-6-9(14)7-8/h3,5-7H,2,4H2,1H3,(H,16,17). The third kappa shape index (κ3) is 2.79. The van der Waals surface area contributed by atoms with Gasteiger partial charge in [-0.25, -0.2) is 9.78 Å². The minimum atomic E-state index is -0.969. The van der Waals surface area contributed by atoms with Crippen LogP contribution in [0.1, 0.15) is 28.8 Å². The summed E-state index contributed by atoms with van der Waals surface area (Å²) in [7, 11) is 0. The Labute approximate surface area is 118 Å². The summed E-state index contributed by atoms with van der Waals surface area (Å²) < 4.78 is 0.932. The van der Waals surface area contributed by atoms with Crippen molar-refractivity contribution >= 4 is 33.2 Å². The number of hydrogen-bond acceptors (Lipinski definition) is 3. The second-order valence-corrected chi connectivity index (χ2v) is 5.85. The zero-order valence-electron chi connectivity index (χ0n) is 9.81. The van der Waals surface area contributed by atoms with E-state index < -0.39 is 5.97 Å². The first-order chi connectivity index (χ1) is 8.61. The van der Waals surface area contributed by atoms with Crippen molar-refractivity contribution in [1.29, 1.82) is 0 Å². The van der Waals surface area contributed by atoms with Crippen LogP contribution in [0.15, 0.2) is 28.7 Å². The van der Waals surface area contributed by atoms with Gasteiger partial charge in [-0.2, -0.15) is 0 Å². The van der Waals surface area contributed by atoms with Gasteiger partial charge in [-0.1, -0.05) is 35.0 Å². The number of benzene rings is 1. The first-order valence-corrected chi connectivity index (χ1v) is 7.21. The molecule has 1 aromatic carbocycles. The minimum Gasteiger partial charge on any atom is -0.476 e. The molecule has 94 valence electrons. The van der Waals surface area contributed by atoms with Crippen LogP contribution < -0.4 is 0 Å². The van der Waals surface area contributed by atoms with E-state index in [0.29, 0.717) is 0 Å². The van der Waals surface area contributed by atoms with Crippen molar-refractivity contribution in [3.63, 3.8) is 0 Å². The van der Waals surface area contributed by atoms with Gasteiger partial charge in [0.25, 0.3) is 0 Å². The van der Waals surface area contributed by atoms with Crippen LogP contribution >= 0.6 is 27.3 Å². The maximum absolute atomic E-state index is 11.2. The SMILES string of the molecule is CCCc1nc(C(=O)O)c(-c2cccc(Br)c2)s1. The topological polar surface area (TPSA) is 50.2 Å². The summed E-state index contributed by atoms with van der Waals surface area (Å²) in [4.78, 5) is 16.2. The summed E-state index contributed by atoms with van der Waals surface area (Å²) in [6.45, 7) is 2.06. The molecule has 0 unspecified atom stereocenters. The molecule has 2 rings (SSSR count). The van der Waals surface area contributed by atoms with Gasteiger partial charge in [-0.05, 0) is 30.5 Å². The van der Waals surface area contributed by atoms with E-state index in [-0.39, 0.29) is 5.69 Å². The van der Waals surface area contributed by atoms with E-state index in [2.05, 4.69) is 27.8 Å². The first kappa shape index (κ1) is 13.2. The van der Waals surface area contributed by atoms with Crippen LogP contribution in [0.3, 0.4) is 0 Å². The van der Waals surface area contributed by atoms with Crippen molar-refractivity contribution in [3.8, 4) is 10.4 Å². The summed E-state index contributed by atoms with van der Waals surface area (Å²) in [6.07, 6.45) is 1.78. The summed E-state index contributed by atoms with van der Waals surface area (Å²) in [5.74, 6) is -0.969. The van der Waals surface area contributed by atoms with Gasteiger partial charge in [0.2, 0.25) is 0 Å². The van der Waals surface area contributed by atoms with Crippen LogP contribution in [0.2, 0.25) is 0 Å². The molecule has 3 nitrogen and oxygen atoms in total. The molecular formula is C13H12BrNO2S. The Bertz CT molecular complexity index is 580. The number of aryl methyl sites for hydroxylation is 1. The average Bonchev–Trinajstić information content (AvgIpc) is 2.74. The molecule has 0 saturated carbocycles. The Morgan fingerprint density at radius 2 is 2.28 bits per heavy atom. The Balaban J connectivity index is 2.51. The van der Waals surface area contributed by atoms with Crippen molar-refractivity contribution in [3.05, 3.63) is 39.4 Å². The quantitative estimate of drug-likeness (QED) is 0.915. The lowest BCUT2D eigenvalue weighted by Gasteiger charge is -1.99. The van der Waals surface area contributed by atoms with Gasteiger partial charge in [-0.3, -0.25) is 0 Å². The Morgan fingerprint density at radius 1 is 1.50 bits per heavy atom. The summed E-state index contributed by atoms with van der Waals surface area (Å²) in [5, 5.41) is 10.1. The van der Waals surface area contributed by atoms with Gasteiger partial charge in [0, 0.05) is 4.47 Å². The van der Waals surface area contributed by atoms with Crippen LogP contribution in [-0.4, -0.2) is 16.1 Å². The lowest BCUT2D eigenvalue weighted by molar-refractivity contribution is 0.0692. The van der Waals surface area contributed by atoms with E-state index in [1.54, 1.807) is 0 Å². The van der Waals surface area contributed by atoms with E-state index in [1.165, 1.54) is 11.3 Å². The average molecular weight is 326 g/mol. The van der Waals surface area contributed by atoms with Crippen molar-refractivity contribution < 1.29 is 9.90 Å². The molecule has 1 aromatic heterocycles. The molecule has 1 N–H and O–H groups in total. The molecule has 0 radical (unpaired) electrons. The number of carbonyl (C=O) groups is 1. The second kappa shape index (κ2) is 5.63. The van der Waals surface area contributed by atoms with Crippen LogP contribution in [0, 0.1) is 0 Å². The first-order valence-electron chi connectivity index (χ1n) is 5.60. The van der Waals surface area contributed by atoms with Crippen molar-refractivity contribution in [2.24, 2.45) is 0 Å². The molecule has 0 saturated heterocycles. The molecule has 0 aliphatic heterocycles. The highest BCUT2D eigenvalue weighted by Gasteiger charge is 2.18. The van der Waals surface area contributed by atoms with Crippen LogP contribution in [0.5, 0.6) is 0 Å². The molecule has 0 fully saturated rings. The Hall–Kier alpha value is -1.20. The molecule has 0 aliphatic carbocycles. The van der Waals surface area contributed by atoms with E-state index in [9.17, 15) is 9.90 Å². The number of aromatic carboxylic acids is 1. The fraction of sp³-hybridized carbons (Fsp3) is 0.231. The van der Waals surface area contributed by atoms with Gasteiger partial charge < -0.3 is 5.11 Å². The van der Waals surface area contributed by atoms with Gasteiger partial charge in [-0.15, -0.1) is 11.3 Å². The van der Waals surface area contributed by atoms with Crippen LogP contribution in [-0.2, 0) is 6.42 Å². The van der Waals surface area contributed by atoms with E-state index in [1.807, 2.05) is 24.3 Å². The van der Waals surface area contributed by atoms with Gasteiger partial charge in [0.15, 0.2) is 5.69 Å². The highest BCUT2D eigenvalue weighted by molar-refractivity contribution is 9.10. The number of thiazole rings is 1.